The fraction of sp³-hybridized carbons (Fsp3) is 0.417. The van der Waals surface area contributed by atoms with E-state index < -0.39 is 0 Å². The molecule has 0 aliphatic heterocycles. The molecule has 3 heteroatoms. The number of rotatable bonds is 4. The van der Waals surface area contributed by atoms with Crippen LogP contribution in [-0.4, -0.2) is 18.4 Å². The first kappa shape index (κ1) is 10.2. The lowest BCUT2D eigenvalue weighted by atomic mass is 10.1. The van der Waals surface area contributed by atoms with E-state index in [2.05, 4.69) is 6.92 Å². The van der Waals surface area contributed by atoms with Crippen LogP contribution in [0.1, 0.15) is 23.7 Å². The minimum absolute atomic E-state index is 0.0449. The molecule has 1 saturated carbocycles. The van der Waals surface area contributed by atoms with Crippen LogP contribution < -0.4 is 10.5 Å². The van der Waals surface area contributed by atoms with E-state index >= 15 is 0 Å². The lowest BCUT2D eigenvalue weighted by Gasteiger charge is -2.06. The molecule has 1 aliphatic carbocycles. The predicted molar refractivity (Wildman–Crippen MR) is 58.0 cm³/mol. The maximum absolute atomic E-state index is 11.4. The second-order valence-electron chi connectivity index (χ2n) is 4.02. The van der Waals surface area contributed by atoms with Crippen molar-refractivity contribution < 1.29 is 9.53 Å². The molecule has 1 aromatic carbocycles. The Morgan fingerprint density at radius 2 is 2.33 bits per heavy atom. The highest BCUT2D eigenvalue weighted by atomic mass is 16.5. The van der Waals surface area contributed by atoms with E-state index in [4.69, 9.17) is 10.5 Å². The van der Waals surface area contributed by atoms with Gasteiger partial charge in [0.25, 0.3) is 0 Å². The molecule has 1 unspecified atom stereocenters. The molecule has 80 valence electrons. The number of ether oxygens (including phenoxy) is 1. The summed E-state index contributed by atoms with van der Waals surface area (Å²) in [5.41, 5.74) is 5.93. The molecule has 0 aromatic heterocycles. The summed E-state index contributed by atoms with van der Waals surface area (Å²) in [5, 5.41) is 0. The third-order valence-electron chi connectivity index (χ3n) is 2.66. The minimum atomic E-state index is -0.0516. The van der Waals surface area contributed by atoms with Crippen molar-refractivity contribution in [2.75, 3.05) is 6.54 Å². The van der Waals surface area contributed by atoms with Gasteiger partial charge in [-0.3, -0.25) is 4.79 Å². The number of carbonyl (C=O) groups excluding carboxylic acids is 1. The minimum Gasteiger partial charge on any atom is -0.490 e. The largest absolute Gasteiger partial charge is 0.490 e. The van der Waals surface area contributed by atoms with Crippen LogP contribution in [0.5, 0.6) is 5.75 Å². The number of Topliss-reactive ketones (excluding diaryl/α,β-unsaturated/α-hetero) is 1. The van der Waals surface area contributed by atoms with E-state index in [1.165, 1.54) is 0 Å². The highest BCUT2D eigenvalue weighted by molar-refractivity contribution is 5.97. The number of nitrogens with two attached hydrogens (primary N) is 1. The van der Waals surface area contributed by atoms with Crippen molar-refractivity contribution in [1.29, 1.82) is 0 Å². The van der Waals surface area contributed by atoms with Crippen molar-refractivity contribution in [3.05, 3.63) is 29.8 Å². The Balaban J connectivity index is 2.08. The fourth-order valence-corrected chi connectivity index (χ4v) is 1.49. The van der Waals surface area contributed by atoms with Crippen LogP contribution in [0.3, 0.4) is 0 Å². The Hall–Kier alpha value is -1.35. The lowest BCUT2D eigenvalue weighted by Crippen LogP contribution is -2.13. The average molecular weight is 205 g/mol. The zero-order chi connectivity index (χ0) is 10.8. The summed E-state index contributed by atoms with van der Waals surface area (Å²) in [4.78, 5) is 11.4. The Kier molecular flexibility index (Phi) is 2.73. The number of hydrogen-bond donors (Lipinski definition) is 1. The quantitative estimate of drug-likeness (QED) is 0.760. The van der Waals surface area contributed by atoms with E-state index in [0.717, 1.165) is 12.2 Å². The van der Waals surface area contributed by atoms with Gasteiger partial charge in [0.2, 0.25) is 0 Å². The van der Waals surface area contributed by atoms with E-state index in [-0.39, 0.29) is 12.3 Å². The molecule has 0 bridgehead atoms. The third-order valence-corrected chi connectivity index (χ3v) is 2.66. The normalized spacial score (nSPS) is 23.6. The second kappa shape index (κ2) is 4.03. The summed E-state index contributed by atoms with van der Waals surface area (Å²) in [5.74, 6) is 1.35. The van der Waals surface area contributed by atoms with Crippen molar-refractivity contribution >= 4 is 5.78 Å². The number of benzene rings is 1. The first-order valence-electron chi connectivity index (χ1n) is 5.20. The van der Waals surface area contributed by atoms with Gasteiger partial charge in [-0.15, -0.1) is 0 Å². The zero-order valence-electron chi connectivity index (χ0n) is 8.77. The SMILES string of the molecule is C[C@H]1CC1Oc1cccc(C(=O)CN)c1. The summed E-state index contributed by atoms with van der Waals surface area (Å²) in [6, 6.07) is 7.22. The van der Waals surface area contributed by atoms with E-state index in [1.807, 2.05) is 12.1 Å². The number of carbonyl (C=O) groups is 1. The molecule has 3 nitrogen and oxygen atoms in total. The second-order valence-corrected chi connectivity index (χ2v) is 4.02. The van der Waals surface area contributed by atoms with Gasteiger partial charge in [0.15, 0.2) is 5.78 Å². The van der Waals surface area contributed by atoms with Crippen molar-refractivity contribution in [3.8, 4) is 5.75 Å². The van der Waals surface area contributed by atoms with Crippen molar-refractivity contribution in [2.24, 2.45) is 11.7 Å². The molecule has 2 atom stereocenters. The highest BCUT2D eigenvalue weighted by Crippen LogP contribution is 2.34. The first-order chi connectivity index (χ1) is 7.20. The van der Waals surface area contributed by atoms with Gasteiger partial charge >= 0.3 is 0 Å². The molecular formula is C12H15NO2. The van der Waals surface area contributed by atoms with Crippen LogP contribution >= 0.6 is 0 Å². The summed E-state index contributed by atoms with van der Waals surface area (Å²) in [7, 11) is 0. The molecule has 2 N–H and O–H groups in total. The monoisotopic (exact) mass is 205 g/mol. The topological polar surface area (TPSA) is 52.3 Å². The fourth-order valence-electron chi connectivity index (χ4n) is 1.49. The Bertz CT molecular complexity index is 376. The van der Waals surface area contributed by atoms with Crippen LogP contribution in [0.4, 0.5) is 0 Å². The summed E-state index contributed by atoms with van der Waals surface area (Å²) >= 11 is 0. The van der Waals surface area contributed by atoms with Gasteiger partial charge in [0, 0.05) is 5.56 Å². The van der Waals surface area contributed by atoms with Gasteiger partial charge in [0.1, 0.15) is 11.9 Å². The highest BCUT2D eigenvalue weighted by Gasteiger charge is 2.34. The molecule has 1 fully saturated rings. The third kappa shape index (κ3) is 2.36. The Morgan fingerprint density at radius 1 is 1.60 bits per heavy atom. The van der Waals surface area contributed by atoms with Crippen LogP contribution in [0, 0.1) is 5.92 Å². The van der Waals surface area contributed by atoms with Gasteiger partial charge < -0.3 is 10.5 Å². The maximum Gasteiger partial charge on any atom is 0.176 e. The lowest BCUT2D eigenvalue weighted by molar-refractivity contribution is 0.100. The Labute approximate surface area is 89.2 Å². The van der Waals surface area contributed by atoms with Gasteiger partial charge in [-0.25, -0.2) is 0 Å². The van der Waals surface area contributed by atoms with Gasteiger partial charge in [-0.1, -0.05) is 19.1 Å². The van der Waals surface area contributed by atoms with Crippen LogP contribution in [0.25, 0.3) is 0 Å². The summed E-state index contributed by atoms with van der Waals surface area (Å²) in [6.07, 6.45) is 1.43. The smallest absolute Gasteiger partial charge is 0.176 e. The van der Waals surface area contributed by atoms with E-state index in [1.54, 1.807) is 12.1 Å². The van der Waals surface area contributed by atoms with Crippen molar-refractivity contribution in [1.82, 2.24) is 0 Å². The molecule has 15 heavy (non-hydrogen) atoms. The number of hydrogen-bond acceptors (Lipinski definition) is 3. The maximum atomic E-state index is 11.4. The van der Waals surface area contributed by atoms with Gasteiger partial charge in [-0.05, 0) is 24.5 Å². The van der Waals surface area contributed by atoms with Crippen molar-refractivity contribution in [3.63, 3.8) is 0 Å². The number of ketones is 1. The molecular weight excluding hydrogens is 190 g/mol. The molecule has 0 spiro atoms. The van der Waals surface area contributed by atoms with Crippen LogP contribution in [0.15, 0.2) is 24.3 Å². The molecule has 2 rings (SSSR count). The summed E-state index contributed by atoms with van der Waals surface area (Å²) < 4.78 is 5.68. The standard InChI is InChI=1S/C12H15NO2/c1-8-5-12(8)15-10-4-2-3-9(6-10)11(14)7-13/h2-4,6,8,12H,5,7,13H2,1H3/t8-,12?/m0/s1. The van der Waals surface area contributed by atoms with E-state index in [0.29, 0.717) is 17.6 Å². The molecule has 0 saturated heterocycles. The van der Waals surface area contributed by atoms with Crippen molar-refractivity contribution in [2.45, 2.75) is 19.4 Å². The first-order valence-corrected chi connectivity index (χ1v) is 5.20. The van der Waals surface area contributed by atoms with Gasteiger partial charge in [-0.2, -0.15) is 0 Å². The predicted octanol–water partition coefficient (Wildman–Crippen LogP) is 1.62. The molecule has 0 amide bonds. The Morgan fingerprint density at radius 3 is 2.93 bits per heavy atom. The molecule has 1 aromatic rings. The molecule has 0 radical (unpaired) electrons. The van der Waals surface area contributed by atoms with Crippen LogP contribution in [-0.2, 0) is 0 Å². The van der Waals surface area contributed by atoms with Crippen LogP contribution in [0.2, 0.25) is 0 Å². The average Bonchev–Trinajstić information content (AvgIpc) is 2.93. The summed E-state index contributed by atoms with van der Waals surface area (Å²) in [6.45, 7) is 2.20. The zero-order valence-corrected chi connectivity index (χ0v) is 8.77. The molecule has 1 aliphatic rings. The van der Waals surface area contributed by atoms with Gasteiger partial charge in [0.05, 0.1) is 6.54 Å². The molecule has 0 heterocycles. The van der Waals surface area contributed by atoms with E-state index in [9.17, 15) is 4.79 Å².